The number of nitrogens with zero attached hydrogens (tertiary/aromatic N) is 4. The first kappa shape index (κ1) is 14.1. The molecule has 0 aliphatic carbocycles. The number of benzene rings is 1. The third-order valence-electron chi connectivity index (χ3n) is 4.51. The molecule has 5 heteroatoms. The molecule has 0 unspecified atom stereocenters. The smallest absolute Gasteiger partial charge is 0.261 e. The second-order valence-corrected chi connectivity index (χ2v) is 6.92. The molecule has 0 N–H and O–H groups in total. The van der Waals surface area contributed by atoms with Crippen LogP contribution in [0.5, 0.6) is 0 Å². The van der Waals surface area contributed by atoms with Gasteiger partial charge < -0.3 is 0 Å². The van der Waals surface area contributed by atoms with Gasteiger partial charge in [-0.2, -0.15) is 10.2 Å². The van der Waals surface area contributed by atoms with Gasteiger partial charge >= 0.3 is 0 Å². The molecule has 0 saturated carbocycles. The van der Waals surface area contributed by atoms with E-state index in [0.29, 0.717) is 5.39 Å². The molecule has 0 radical (unpaired) electrons. The second kappa shape index (κ2) is 4.98. The molecule has 0 saturated heterocycles. The van der Waals surface area contributed by atoms with Crippen molar-refractivity contribution in [1.29, 1.82) is 0 Å². The highest BCUT2D eigenvalue weighted by molar-refractivity contribution is 5.82. The van der Waals surface area contributed by atoms with Crippen LogP contribution in [0.2, 0.25) is 0 Å². The van der Waals surface area contributed by atoms with Gasteiger partial charge in [0.25, 0.3) is 5.56 Å². The quantitative estimate of drug-likeness (QED) is 0.693. The van der Waals surface area contributed by atoms with Crippen molar-refractivity contribution in [3.63, 3.8) is 0 Å². The molecule has 0 fully saturated rings. The summed E-state index contributed by atoms with van der Waals surface area (Å²) in [5, 5.41) is 8.70. The number of hydrogen-bond donors (Lipinski definition) is 0. The molecule has 5 nitrogen and oxygen atoms in total. The predicted octanol–water partition coefficient (Wildman–Crippen LogP) is 2.83. The summed E-state index contributed by atoms with van der Waals surface area (Å²) in [6.45, 7) is 5.13. The largest absolute Gasteiger partial charge is 0.296 e. The Hall–Kier alpha value is -2.56. The highest BCUT2D eigenvalue weighted by atomic mass is 16.1. The molecule has 0 bridgehead atoms. The first-order chi connectivity index (χ1) is 11.0. The average Bonchev–Trinajstić information content (AvgIpc) is 2.56. The fourth-order valence-electron chi connectivity index (χ4n) is 3.19. The van der Waals surface area contributed by atoms with Gasteiger partial charge in [0.15, 0.2) is 0 Å². The summed E-state index contributed by atoms with van der Waals surface area (Å²) in [6, 6.07) is 9.45. The molecular weight excluding hydrogens is 288 g/mol. The Morgan fingerprint density at radius 1 is 1.22 bits per heavy atom. The summed E-state index contributed by atoms with van der Waals surface area (Å²) in [7, 11) is 0. The molecule has 0 amide bonds. The van der Waals surface area contributed by atoms with E-state index in [-0.39, 0.29) is 11.0 Å². The van der Waals surface area contributed by atoms with Crippen LogP contribution in [0.4, 0.5) is 0 Å². The van der Waals surface area contributed by atoms with Crippen molar-refractivity contribution >= 4 is 10.9 Å². The fraction of sp³-hybridized carbons (Fsp3) is 0.333. The summed E-state index contributed by atoms with van der Waals surface area (Å²) < 4.78 is 1.84. The van der Waals surface area contributed by atoms with E-state index < -0.39 is 0 Å². The van der Waals surface area contributed by atoms with Crippen LogP contribution in [0.1, 0.15) is 26.1 Å². The molecule has 116 valence electrons. The molecule has 1 aliphatic rings. The lowest BCUT2D eigenvalue weighted by molar-refractivity contribution is 0.240. The van der Waals surface area contributed by atoms with E-state index in [4.69, 9.17) is 4.98 Å². The summed E-state index contributed by atoms with van der Waals surface area (Å²) in [5.74, 6) is 0.887. The monoisotopic (exact) mass is 306 g/mol. The Labute approximate surface area is 134 Å². The highest BCUT2D eigenvalue weighted by Gasteiger charge is 2.27. The van der Waals surface area contributed by atoms with Crippen LogP contribution in [-0.4, -0.2) is 19.7 Å². The van der Waals surface area contributed by atoms with Crippen molar-refractivity contribution < 1.29 is 0 Å². The van der Waals surface area contributed by atoms with Crippen molar-refractivity contribution in [2.45, 2.75) is 33.2 Å². The minimum Gasteiger partial charge on any atom is -0.296 e. The van der Waals surface area contributed by atoms with Crippen LogP contribution >= 0.6 is 0 Å². The van der Waals surface area contributed by atoms with Crippen molar-refractivity contribution in [3.8, 4) is 11.3 Å². The van der Waals surface area contributed by atoms with Crippen LogP contribution in [0.3, 0.4) is 0 Å². The summed E-state index contributed by atoms with van der Waals surface area (Å²) in [6.07, 6.45) is 3.54. The average molecular weight is 306 g/mol. The summed E-state index contributed by atoms with van der Waals surface area (Å²) in [5.41, 5.74) is 2.66. The first-order valence-corrected chi connectivity index (χ1v) is 7.85. The zero-order chi connectivity index (χ0) is 16.0. The molecule has 0 atom stereocenters. The van der Waals surface area contributed by atoms with E-state index in [9.17, 15) is 4.79 Å². The van der Waals surface area contributed by atoms with Crippen LogP contribution in [0, 0.1) is 5.41 Å². The van der Waals surface area contributed by atoms with E-state index >= 15 is 0 Å². The molecule has 3 heterocycles. The van der Waals surface area contributed by atoms with Crippen molar-refractivity contribution in [3.05, 3.63) is 52.7 Å². The number of aryl methyl sites for hydroxylation is 1. The van der Waals surface area contributed by atoms with Gasteiger partial charge in [-0.3, -0.25) is 9.36 Å². The molecule has 0 spiro atoms. The Bertz CT molecular complexity index is 944. The third-order valence-corrected chi connectivity index (χ3v) is 4.51. The normalized spacial score (nSPS) is 16.3. The molecule has 2 aromatic heterocycles. The molecular formula is C18H18N4O. The summed E-state index contributed by atoms with van der Waals surface area (Å²) >= 11 is 0. The minimum absolute atomic E-state index is 0.0588. The van der Waals surface area contributed by atoms with Gasteiger partial charge in [-0.15, -0.1) is 0 Å². The van der Waals surface area contributed by atoms with Gasteiger partial charge in [0.1, 0.15) is 5.82 Å². The Kier molecular flexibility index (Phi) is 3.04. The van der Waals surface area contributed by atoms with Crippen molar-refractivity contribution in [2.75, 3.05) is 0 Å². The van der Waals surface area contributed by atoms with Crippen LogP contribution in [0.15, 0.2) is 41.3 Å². The van der Waals surface area contributed by atoms with E-state index in [1.165, 1.54) is 0 Å². The second-order valence-electron chi connectivity index (χ2n) is 6.92. The molecule has 3 aromatic rings. The van der Waals surface area contributed by atoms with Crippen LogP contribution < -0.4 is 5.56 Å². The molecule has 1 aliphatic heterocycles. The first-order valence-electron chi connectivity index (χ1n) is 7.85. The number of hydrogen-bond acceptors (Lipinski definition) is 4. The predicted molar refractivity (Wildman–Crippen MR) is 89.1 cm³/mol. The molecule has 4 rings (SSSR count). The van der Waals surface area contributed by atoms with E-state index in [0.717, 1.165) is 42.0 Å². The Balaban J connectivity index is 1.90. The SMILES string of the molecule is CC1(C)CCc2nc3cc(-c4cccnn4)ccc3c(=O)n2C1. The maximum atomic E-state index is 12.8. The van der Waals surface area contributed by atoms with E-state index in [1.54, 1.807) is 6.20 Å². The van der Waals surface area contributed by atoms with Crippen molar-refractivity contribution in [2.24, 2.45) is 5.41 Å². The zero-order valence-electron chi connectivity index (χ0n) is 13.3. The lowest BCUT2D eigenvalue weighted by Gasteiger charge is -2.31. The van der Waals surface area contributed by atoms with Crippen LogP contribution in [0.25, 0.3) is 22.2 Å². The van der Waals surface area contributed by atoms with Gasteiger partial charge in [-0.1, -0.05) is 19.9 Å². The fourth-order valence-corrected chi connectivity index (χ4v) is 3.19. The highest BCUT2D eigenvalue weighted by Crippen LogP contribution is 2.30. The lowest BCUT2D eigenvalue weighted by Crippen LogP contribution is -2.36. The molecule has 1 aromatic carbocycles. The maximum absolute atomic E-state index is 12.8. The molecule has 23 heavy (non-hydrogen) atoms. The zero-order valence-corrected chi connectivity index (χ0v) is 13.3. The van der Waals surface area contributed by atoms with Gasteiger partial charge in [0.2, 0.25) is 0 Å². The van der Waals surface area contributed by atoms with Gasteiger partial charge in [0.05, 0.1) is 16.6 Å². The van der Waals surface area contributed by atoms with Gasteiger partial charge in [-0.05, 0) is 36.1 Å². The Morgan fingerprint density at radius 2 is 2.09 bits per heavy atom. The van der Waals surface area contributed by atoms with E-state index in [2.05, 4.69) is 24.0 Å². The number of fused-ring (bicyclic) bond motifs is 2. The lowest BCUT2D eigenvalue weighted by atomic mass is 9.85. The van der Waals surface area contributed by atoms with Gasteiger partial charge in [0, 0.05) is 24.7 Å². The minimum atomic E-state index is 0.0588. The van der Waals surface area contributed by atoms with Gasteiger partial charge in [-0.25, -0.2) is 4.98 Å². The summed E-state index contributed by atoms with van der Waals surface area (Å²) in [4.78, 5) is 17.5. The standard InChI is InChI=1S/C18H18N4O/c1-18(2)8-7-16-20-15-10-12(14-4-3-9-19-21-14)5-6-13(15)17(23)22(16)11-18/h3-6,9-10H,7-8,11H2,1-2H3. The number of aromatic nitrogens is 4. The topological polar surface area (TPSA) is 60.7 Å². The van der Waals surface area contributed by atoms with E-state index in [1.807, 2.05) is 34.9 Å². The maximum Gasteiger partial charge on any atom is 0.261 e. The third kappa shape index (κ3) is 2.42. The van der Waals surface area contributed by atoms with Crippen LogP contribution in [-0.2, 0) is 13.0 Å². The Morgan fingerprint density at radius 3 is 2.87 bits per heavy atom. The van der Waals surface area contributed by atoms with Crippen molar-refractivity contribution in [1.82, 2.24) is 19.7 Å². The number of rotatable bonds is 1.